The standard InChI is InChI=1S/C19H19BrN2O2S2/c1-4-19(3)14(2)25-18(21-16-8-6-5-7-9-16)22(19)26(23,24)17-12-10-15(20)11-13-17/h5-13H,2,4H2,1,3H3/t19-/m1/s1. The Bertz CT molecular complexity index is 957. The lowest BCUT2D eigenvalue weighted by molar-refractivity contribution is 0.354. The number of hydrogen-bond acceptors (Lipinski definition) is 4. The van der Waals surface area contributed by atoms with Crippen molar-refractivity contribution in [2.75, 3.05) is 0 Å². The van der Waals surface area contributed by atoms with E-state index < -0.39 is 15.6 Å². The van der Waals surface area contributed by atoms with Crippen molar-refractivity contribution in [3.63, 3.8) is 0 Å². The number of amidine groups is 1. The van der Waals surface area contributed by atoms with Crippen molar-refractivity contribution in [1.29, 1.82) is 0 Å². The molecular weight excluding hydrogens is 432 g/mol. The van der Waals surface area contributed by atoms with Crippen LogP contribution in [0, 0.1) is 0 Å². The Kier molecular flexibility index (Phi) is 5.33. The van der Waals surface area contributed by atoms with E-state index >= 15 is 0 Å². The first kappa shape index (κ1) is 19.2. The normalized spacial score (nSPS) is 22.2. The Balaban J connectivity index is 2.16. The van der Waals surface area contributed by atoms with Crippen LogP contribution >= 0.6 is 27.7 Å². The van der Waals surface area contributed by atoms with E-state index in [-0.39, 0.29) is 4.90 Å². The zero-order valence-corrected chi connectivity index (χ0v) is 17.7. The topological polar surface area (TPSA) is 49.7 Å². The number of para-hydroxylation sites is 1. The van der Waals surface area contributed by atoms with E-state index in [1.54, 1.807) is 24.3 Å². The van der Waals surface area contributed by atoms with Gasteiger partial charge < -0.3 is 0 Å². The van der Waals surface area contributed by atoms with Crippen molar-refractivity contribution < 1.29 is 8.42 Å². The van der Waals surface area contributed by atoms with E-state index in [1.807, 2.05) is 44.2 Å². The SMILES string of the molecule is C=C1SC(=Nc2ccccc2)N(S(=O)(=O)c2ccc(Br)cc2)[C@]1(C)CC. The van der Waals surface area contributed by atoms with Crippen LogP contribution in [0.4, 0.5) is 5.69 Å². The number of nitrogens with zero attached hydrogens (tertiary/aromatic N) is 2. The van der Waals surface area contributed by atoms with Crippen LogP contribution in [0.1, 0.15) is 20.3 Å². The highest BCUT2D eigenvalue weighted by atomic mass is 79.9. The molecule has 0 radical (unpaired) electrons. The predicted molar refractivity (Wildman–Crippen MR) is 112 cm³/mol. The van der Waals surface area contributed by atoms with Crippen molar-refractivity contribution in [3.05, 3.63) is 70.6 Å². The number of hydrogen-bond donors (Lipinski definition) is 0. The van der Waals surface area contributed by atoms with Crippen molar-refractivity contribution in [2.45, 2.75) is 30.7 Å². The van der Waals surface area contributed by atoms with Gasteiger partial charge in [-0.25, -0.2) is 17.7 Å². The van der Waals surface area contributed by atoms with Crippen molar-refractivity contribution in [2.24, 2.45) is 4.99 Å². The van der Waals surface area contributed by atoms with Gasteiger partial charge in [0.2, 0.25) is 0 Å². The quantitative estimate of drug-likeness (QED) is 0.612. The molecule has 1 atom stereocenters. The second kappa shape index (κ2) is 7.21. The largest absolute Gasteiger partial charge is 0.266 e. The van der Waals surface area contributed by atoms with Gasteiger partial charge in [-0.3, -0.25) is 0 Å². The fraction of sp³-hybridized carbons (Fsp3) is 0.211. The number of thioether (sulfide) groups is 1. The molecule has 0 unspecified atom stereocenters. The first-order valence-electron chi connectivity index (χ1n) is 8.11. The van der Waals surface area contributed by atoms with Crippen LogP contribution in [0.25, 0.3) is 0 Å². The molecule has 1 saturated heterocycles. The van der Waals surface area contributed by atoms with Gasteiger partial charge in [-0.2, -0.15) is 0 Å². The van der Waals surface area contributed by atoms with Crippen LogP contribution in [-0.4, -0.2) is 23.4 Å². The molecule has 0 saturated carbocycles. The van der Waals surface area contributed by atoms with Crippen LogP contribution in [0.3, 0.4) is 0 Å². The molecule has 2 aromatic carbocycles. The molecule has 136 valence electrons. The Morgan fingerprint density at radius 2 is 1.77 bits per heavy atom. The Labute approximate surface area is 167 Å². The zero-order valence-electron chi connectivity index (χ0n) is 14.5. The van der Waals surface area contributed by atoms with Gasteiger partial charge in [0, 0.05) is 9.38 Å². The molecule has 3 rings (SSSR count). The molecule has 0 spiro atoms. The average Bonchev–Trinajstić information content (AvgIpc) is 2.87. The molecule has 0 bridgehead atoms. The molecule has 0 aromatic heterocycles. The Morgan fingerprint density at radius 3 is 2.35 bits per heavy atom. The second-order valence-corrected chi connectivity index (χ2v) is 9.87. The molecule has 0 N–H and O–H groups in total. The maximum absolute atomic E-state index is 13.4. The lowest BCUT2D eigenvalue weighted by atomic mass is 9.99. The first-order valence-corrected chi connectivity index (χ1v) is 11.2. The van der Waals surface area contributed by atoms with Gasteiger partial charge in [0.15, 0.2) is 5.17 Å². The summed E-state index contributed by atoms with van der Waals surface area (Å²) in [5.41, 5.74) is -0.0244. The van der Waals surface area contributed by atoms with E-state index in [9.17, 15) is 8.42 Å². The maximum Gasteiger partial charge on any atom is 0.266 e. The predicted octanol–water partition coefficient (Wildman–Crippen LogP) is 5.56. The van der Waals surface area contributed by atoms with Crippen molar-refractivity contribution in [3.8, 4) is 0 Å². The van der Waals surface area contributed by atoms with Crippen LogP contribution < -0.4 is 0 Å². The van der Waals surface area contributed by atoms with E-state index in [0.717, 1.165) is 9.38 Å². The van der Waals surface area contributed by atoms with Crippen LogP contribution in [-0.2, 0) is 10.0 Å². The summed E-state index contributed by atoms with van der Waals surface area (Å²) >= 11 is 4.66. The number of rotatable bonds is 4. The summed E-state index contributed by atoms with van der Waals surface area (Å²) < 4.78 is 29.1. The zero-order chi connectivity index (χ0) is 18.9. The van der Waals surface area contributed by atoms with E-state index in [1.165, 1.54) is 16.1 Å². The van der Waals surface area contributed by atoms with Gasteiger partial charge in [0.05, 0.1) is 16.1 Å². The van der Waals surface area contributed by atoms with Gasteiger partial charge in [-0.15, -0.1) is 0 Å². The molecule has 1 aliphatic rings. The van der Waals surface area contributed by atoms with E-state index in [2.05, 4.69) is 27.5 Å². The van der Waals surface area contributed by atoms with Gasteiger partial charge in [0.1, 0.15) is 0 Å². The molecule has 0 amide bonds. The van der Waals surface area contributed by atoms with Crippen molar-refractivity contribution >= 4 is 48.6 Å². The molecule has 7 heteroatoms. The molecular formula is C19H19BrN2O2S2. The molecule has 1 heterocycles. The minimum atomic E-state index is -3.78. The molecule has 26 heavy (non-hydrogen) atoms. The van der Waals surface area contributed by atoms with Crippen LogP contribution in [0.2, 0.25) is 0 Å². The van der Waals surface area contributed by atoms with Gasteiger partial charge >= 0.3 is 0 Å². The summed E-state index contributed by atoms with van der Waals surface area (Å²) in [6.07, 6.45) is 0.600. The maximum atomic E-state index is 13.4. The third-order valence-electron chi connectivity index (χ3n) is 4.46. The highest BCUT2D eigenvalue weighted by Crippen LogP contribution is 2.47. The summed E-state index contributed by atoms with van der Waals surface area (Å²) in [7, 11) is -3.78. The monoisotopic (exact) mass is 450 g/mol. The summed E-state index contributed by atoms with van der Waals surface area (Å²) in [5, 5.41) is 0.425. The number of sulfonamides is 1. The van der Waals surface area contributed by atoms with Crippen LogP contribution in [0.15, 0.2) is 80.4 Å². The fourth-order valence-electron chi connectivity index (χ4n) is 2.69. The summed E-state index contributed by atoms with van der Waals surface area (Å²) in [5.74, 6) is 0. The molecule has 0 aliphatic carbocycles. The molecule has 1 aliphatic heterocycles. The van der Waals surface area contributed by atoms with E-state index in [0.29, 0.717) is 17.3 Å². The lowest BCUT2D eigenvalue weighted by Crippen LogP contribution is -2.47. The fourth-order valence-corrected chi connectivity index (χ4v) is 6.23. The Hall–Kier alpha value is -1.57. The average molecular weight is 451 g/mol. The molecule has 4 nitrogen and oxygen atoms in total. The first-order chi connectivity index (χ1) is 12.3. The number of halogens is 1. The molecule has 1 fully saturated rings. The highest BCUT2D eigenvalue weighted by molar-refractivity contribution is 9.10. The lowest BCUT2D eigenvalue weighted by Gasteiger charge is -2.34. The summed E-state index contributed by atoms with van der Waals surface area (Å²) in [6, 6.07) is 16.0. The summed E-state index contributed by atoms with van der Waals surface area (Å²) in [6.45, 7) is 7.96. The summed E-state index contributed by atoms with van der Waals surface area (Å²) in [4.78, 5) is 5.61. The van der Waals surface area contributed by atoms with E-state index in [4.69, 9.17) is 0 Å². The third-order valence-corrected chi connectivity index (χ3v) is 8.17. The Morgan fingerprint density at radius 1 is 1.15 bits per heavy atom. The minimum absolute atomic E-state index is 0.233. The van der Waals surface area contributed by atoms with Crippen LogP contribution in [0.5, 0.6) is 0 Å². The third kappa shape index (κ3) is 3.35. The number of benzene rings is 2. The highest BCUT2D eigenvalue weighted by Gasteiger charge is 2.50. The molecule has 2 aromatic rings. The number of aliphatic imine (C=N–C) groups is 1. The second-order valence-electron chi connectivity index (χ2n) is 6.11. The van der Waals surface area contributed by atoms with Gasteiger partial charge in [-0.05, 0) is 49.7 Å². The van der Waals surface area contributed by atoms with Gasteiger partial charge in [-0.1, -0.05) is 59.4 Å². The van der Waals surface area contributed by atoms with Gasteiger partial charge in [0.25, 0.3) is 10.0 Å². The smallest absolute Gasteiger partial charge is 0.233 e. The minimum Gasteiger partial charge on any atom is -0.233 e. The van der Waals surface area contributed by atoms with Crippen molar-refractivity contribution in [1.82, 2.24) is 4.31 Å².